The second-order valence-electron chi connectivity index (χ2n) is 7.29. The molecular weight excluding hydrogens is 238 g/mol. The van der Waals surface area contributed by atoms with Gasteiger partial charge in [-0.3, -0.25) is 4.99 Å². The minimum absolute atomic E-state index is 0.413. The van der Waals surface area contributed by atoms with Gasteiger partial charge < -0.3 is 15.0 Å². The summed E-state index contributed by atoms with van der Waals surface area (Å²) in [6.07, 6.45) is 3.81. The molecule has 2 unspecified atom stereocenters. The third-order valence-corrected chi connectivity index (χ3v) is 5.36. The van der Waals surface area contributed by atoms with Crippen molar-refractivity contribution in [3.8, 4) is 0 Å². The minimum Gasteiger partial charge on any atom is -0.381 e. The van der Waals surface area contributed by atoms with Crippen LogP contribution in [0.25, 0.3) is 0 Å². The zero-order valence-corrected chi connectivity index (χ0v) is 12.5. The van der Waals surface area contributed by atoms with E-state index in [0.29, 0.717) is 10.8 Å². The van der Waals surface area contributed by atoms with E-state index in [4.69, 9.17) is 4.74 Å². The summed E-state index contributed by atoms with van der Waals surface area (Å²) in [6, 6.07) is 0. The van der Waals surface area contributed by atoms with Gasteiger partial charge in [-0.05, 0) is 30.6 Å². The van der Waals surface area contributed by atoms with Crippen molar-refractivity contribution in [3.63, 3.8) is 0 Å². The van der Waals surface area contributed by atoms with Gasteiger partial charge in [0.05, 0.1) is 6.61 Å². The fraction of sp³-hybridized carbons (Fsp3) is 0.933. The first-order valence-electron chi connectivity index (χ1n) is 7.58. The van der Waals surface area contributed by atoms with Gasteiger partial charge in [-0.25, -0.2) is 0 Å². The van der Waals surface area contributed by atoms with Gasteiger partial charge in [0.2, 0.25) is 0 Å². The molecule has 2 heterocycles. The van der Waals surface area contributed by atoms with Crippen LogP contribution in [0.5, 0.6) is 0 Å². The Morgan fingerprint density at radius 2 is 2.21 bits per heavy atom. The van der Waals surface area contributed by atoms with Crippen molar-refractivity contribution in [2.45, 2.75) is 33.1 Å². The molecule has 0 aromatic carbocycles. The molecule has 4 heteroatoms. The molecule has 1 saturated carbocycles. The Kier molecular flexibility index (Phi) is 3.24. The summed E-state index contributed by atoms with van der Waals surface area (Å²) in [6.45, 7) is 9.88. The van der Waals surface area contributed by atoms with E-state index in [1.165, 1.54) is 19.3 Å². The SMILES string of the molecule is CN=C(NCC1CC1(C)C)N1CCC2(CCOC2)C1. The maximum atomic E-state index is 5.59. The molecule has 2 saturated heterocycles. The first kappa shape index (κ1) is 13.2. The van der Waals surface area contributed by atoms with Crippen LogP contribution in [-0.2, 0) is 4.74 Å². The Labute approximate surface area is 116 Å². The molecule has 0 bridgehead atoms. The molecule has 0 aromatic heterocycles. The number of hydrogen-bond acceptors (Lipinski definition) is 2. The van der Waals surface area contributed by atoms with Crippen LogP contribution in [-0.4, -0.2) is 50.8 Å². The number of nitrogens with zero attached hydrogens (tertiary/aromatic N) is 2. The maximum absolute atomic E-state index is 5.59. The van der Waals surface area contributed by atoms with Crippen molar-refractivity contribution in [1.82, 2.24) is 10.2 Å². The van der Waals surface area contributed by atoms with Crippen LogP contribution >= 0.6 is 0 Å². The average Bonchev–Trinajstić information content (AvgIpc) is 2.79. The fourth-order valence-corrected chi connectivity index (χ4v) is 3.56. The molecule has 3 rings (SSSR count). The van der Waals surface area contributed by atoms with Gasteiger partial charge in [0, 0.05) is 38.7 Å². The highest BCUT2D eigenvalue weighted by Gasteiger charge is 2.46. The highest BCUT2D eigenvalue weighted by Crippen LogP contribution is 2.51. The van der Waals surface area contributed by atoms with E-state index in [0.717, 1.165) is 44.7 Å². The molecule has 108 valence electrons. The highest BCUT2D eigenvalue weighted by atomic mass is 16.5. The number of hydrogen-bond donors (Lipinski definition) is 1. The molecule has 3 fully saturated rings. The van der Waals surface area contributed by atoms with Crippen LogP contribution in [0.3, 0.4) is 0 Å². The maximum Gasteiger partial charge on any atom is 0.193 e. The van der Waals surface area contributed by atoms with Gasteiger partial charge in [0.25, 0.3) is 0 Å². The number of ether oxygens (including phenoxy) is 1. The Bertz CT molecular complexity index is 372. The molecule has 2 atom stereocenters. The van der Waals surface area contributed by atoms with Crippen molar-refractivity contribution >= 4 is 5.96 Å². The van der Waals surface area contributed by atoms with Crippen molar-refractivity contribution in [2.24, 2.45) is 21.7 Å². The summed E-state index contributed by atoms with van der Waals surface area (Å²) in [5.41, 5.74) is 0.952. The van der Waals surface area contributed by atoms with Crippen molar-refractivity contribution in [1.29, 1.82) is 0 Å². The van der Waals surface area contributed by atoms with Crippen LogP contribution < -0.4 is 5.32 Å². The molecule has 4 nitrogen and oxygen atoms in total. The fourth-order valence-electron chi connectivity index (χ4n) is 3.56. The van der Waals surface area contributed by atoms with E-state index in [1.807, 2.05) is 7.05 Å². The van der Waals surface area contributed by atoms with Crippen molar-refractivity contribution in [2.75, 3.05) is 39.9 Å². The lowest BCUT2D eigenvalue weighted by atomic mass is 9.87. The summed E-state index contributed by atoms with van der Waals surface area (Å²) in [7, 11) is 1.90. The Morgan fingerprint density at radius 3 is 2.79 bits per heavy atom. The van der Waals surface area contributed by atoms with E-state index in [-0.39, 0.29) is 0 Å². The predicted octanol–water partition coefficient (Wildman–Crippen LogP) is 1.72. The Morgan fingerprint density at radius 1 is 1.42 bits per heavy atom. The van der Waals surface area contributed by atoms with Crippen LogP contribution in [0.2, 0.25) is 0 Å². The molecule has 0 aromatic rings. The number of nitrogens with one attached hydrogen (secondary N) is 1. The van der Waals surface area contributed by atoms with Crippen LogP contribution in [0.1, 0.15) is 33.1 Å². The minimum atomic E-state index is 0.413. The van der Waals surface area contributed by atoms with Crippen LogP contribution in [0.15, 0.2) is 4.99 Å². The predicted molar refractivity (Wildman–Crippen MR) is 77.3 cm³/mol. The molecule has 3 aliphatic rings. The molecule has 1 spiro atoms. The van der Waals surface area contributed by atoms with Gasteiger partial charge in [0.15, 0.2) is 5.96 Å². The van der Waals surface area contributed by atoms with Crippen molar-refractivity contribution in [3.05, 3.63) is 0 Å². The molecule has 0 amide bonds. The number of aliphatic imine (C=N–C) groups is 1. The van der Waals surface area contributed by atoms with E-state index >= 15 is 0 Å². The zero-order valence-electron chi connectivity index (χ0n) is 12.5. The van der Waals surface area contributed by atoms with Crippen LogP contribution in [0.4, 0.5) is 0 Å². The molecule has 19 heavy (non-hydrogen) atoms. The first-order valence-corrected chi connectivity index (χ1v) is 7.58. The average molecular weight is 265 g/mol. The highest BCUT2D eigenvalue weighted by molar-refractivity contribution is 5.80. The molecule has 1 N–H and O–H groups in total. The zero-order chi connectivity index (χ0) is 13.5. The summed E-state index contributed by atoms with van der Waals surface area (Å²) in [5.74, 6) is 1.90. The lowest BCUT2D eigenvalue weighted by Crippen LogP contribution is -2.42. The van der Waals surface area contributed by atoms with E-state index in [9.17, 15) is 0 Å². The van der Waals surface area contributed by atoms with E-state index in [2.05, 4.69) is 29.1 Å². The van der Waals surface area contributed by atoms with Gasteiger partial charge in [-0.15, -0.1) is 0 Å². The second kappa shape index (κ2) is 4.65. The lowest BCUT2D eigenvalue weighted by molar-refractivity contribution is 0.156. The number of likely N-dealkylation sites (tertiary alicyclic amines) is 1. The number of guanidine groups is 1. The summed E-state index contributed by atoms with van der Waals surface area (Å²) in [5, 5.41) is 3.57. The normalized spacial score (nSPS) is 37.1. The van der Waals surface area contributed by atoms with Gasteiger partial charge in [-0.1, -0.05) is 13.8 Å². The van der Waals surface area contributed by atoms with E-state index in [1.54, 1.807) is 0 Å². The van der Waals surface area contributed by atoms with Gasteiger partial charge in [0.1, 0.15) is 0 Å². The number of rotatable bonds is 2. The second-order valence-corrected chi connectivity index (χ2v) is 7.29. The van der Waals surface area contributed by atoms with Gasteiger partial charge in [-0.2, -0.15) is 0 Å². The standard InChI is InChI=1S/C15H27N3O/c1-14(2)8-12(14)9-17-13(16-3)18-6-4-15(10-18)5-7-19-11-15/h12H,4-11H2,1-3H3,(H,16,17). The molecular formula is C15H27N3O. The summed E-state index contributed by atoms with van der Waals surface area (Å²) in [4.78, 5) is 6.88. The molecule has 1 aliphatic carbocycles. The Hall–Kier alpha value is -0.770. The Balaban J connectivity index is 1.52. The monoisotopic (exact) mass is 265 g/mol. The lowest BCUT2D eigenvalue weighted by Gasteiger charge is -2.25. The topological polar surface area (TPSA) is 36.9 Å². The largest absolute Gasteiger partial charge is 0.381 e. The van der Waals surface area contributed by atoms with Crippen LogP contribution in [0, 0.1) is 16.7 Å². The third kappa shape index (κ3) is 2.60. The summed E-state index contributed by atoms with van der Waals surface area (Å²) >= 11 is 0. The third-order valence-electron chi connectivity index (χ3n) is 5.36. The quantitative estimate of drug-likeness (QED) is 0.610. The molecule has 0 radical (unpaired) electrons. The smallest absolute Gasteiger partial charge is 0.193 e. The summed E-state index contributed by atoms with van der Waals surface area (Å²) < 4.78 is 5.59. The van der Waals surface area contributed by atoms with E-state index < -0.39 is 0 Å². The first-order chi connectivity index (χ1) is 9.05. The van der Waals surface area contributed by atoms with Gasteiger partial charge >= 0.3 is 0 Å². The van der Waals surface area contributed by atoms with Crippen molar-refractivity contribution < 1.29 is 4.74 Å². The molecule has 2 aliphatic heterocycles.